The molecule has 11 nitrogen and oxygen atoms in total. The smallest absolute Gasteiger partial charge is 0.343 e. The second-order valence-electron chi connectivity index (χ2n) is 7.57. The van der Waals surface area contributed by atoms with Crippen molar-refractivity contribution in [3.63, 3.8) is 0 Å². The quantitative estimate of drug-likeness (QED) is 0.0990. The highest BCUT2D eigenvalue weighted by Gasteiger charge is 2.17. The minimum absolute atomic E-state index is 0.161. The molecule has 4 aromatic rings. The Labute approximate surface area is 234 Å². The Morgan fingerprint density at radius 2 is 1.64 bits per heavy atom. The van der Waals surface area contributed by atoms with Crippen molar-refractivity contribution in [3.05, 3.63) is 82.3 Å². The molecule has 13 heteroatoms. The zero-order valence-corrected chi connectivity index (χ0v) is 22.9. The third-order valence-electron chi connectivity index (χ3n) is 5.04. The molecule has 0 bridgehead atoms. The van der Waals surface area contributed by atoms with E-state index in [4.69, 9.17) is 14.2 Å². The number of anilines is 1. The van der Waals surface area contributed by atoms with Crippen LogP contribution in [0.15, 0.2) is 76.3 Å². The topological polar surface area (TPSA) is 141 Å². The Morgan fingerprint density at radius 1 is 0.897 bits per heavy atom. The molecule has 0 saturated carbocycles. The lowest BCUT2D eigenvalue weighted by Crippen LogP contribution is -2.32. The molecule has 1 aromatic heterocycles. The zero-order valence-electron chi connectivity index (χ0n) is 20.5. The number of carbonyl (C=O) groups excluding carboxylic acids is 3. The van der Waals surface area contributed by atoms with Crippen LogP contribution in [0.5, 0.6) is 17.2 Å². The van der Waals surface area contributed by atoms with Crippen molar-refractivity contribution in [1.29, 1.82) is 0 Å². The Balaban J connectivity index is 1.39. The summed E-state index contributed by atoms with van der Waals surface area (Å²) < 4.78 is 16.6. The molecule has 0 radical (unpaired) electrons. The third kappa shape index (κ3) is 7.03. The van der Waals surface area contributed by atoms with Crippen molar-refractivity contribution in [2.45, 2.75) is 0 Å². The van der Waals surface area contributed by atoms with Gasteiger partial charge in [-0.2, -0.15) is 5.10 Å². The number of benzene rings is 3. The van der Waals surface area contributed by atoms with Crippen LogP contribution in [-0.2, 0) is 9.59 Å². The second-order valence-corrected chi connectivity index (χ2v) is 9.47. The molecule has 39 heavy (non-hydrogen) atoms. The van der Waals surface area contributed by atoms with Gasteiger partial charge in [0, 0.05) is 15.6 Å². The molecule has 1 heterocycles. The van der Waals surface area contributed by atoms with Crippen molar-refractivity contribution in [3.8, 4) is 27.8 Å². The van der Waals surface area contributed by atoms with Crippen LogP contribution in [-0.4, -0.2) is 48.4 Å². The van der Waals surface area contributed by atoms with Crippen LogP contribution in [0.25, 0.3) is 10.6 Å². The van der Waals surface area contributed by atoms with E-state index >= 15 is 0 Å². The van der Waals surface area contributed by atoms with Crippen molar-refractivity contribution < 1.29 is 28.6 Å². The summed E-state index contributed by atoms with van der Waals surface area (Å²) in [5.74, 6) is -1.65. The molecule has 0 unspecified atom stereocenters. The fraction of sp³-hybridized carbons (Fsp3) is 0.0769. The van der Waals surface area contributed by atoms with Crippen molar-refractivity contribution in [2.75, 3.05) is 19.5 Å². The second kappa shape index (κ2) is 12.8. The number of hydrazone groups is 1. The highest BCUT2D eigenvalue weighted by atomic mass is 79.9. The zero-order chi connectivity index (χ0) is 27.8. The number of esters is 1. The summed E-state index contributed by atoms with van der Waals surface area (Å²) in [6.07, 6.45) is 1.24. The number of hydrogen-bond donors (Lipinski definition) is 2. The summed E-state index contributed by atoms with van der Waals surface area (Å²) in [6, 6.07) is 18.8. The van der Waals surface area contributed by atoms with Gasteiger partial charge in [-0.05, 0) is 36.4 Å². The molecule has 0 aliphatic carbocycles. The van der Waals surface area contributed by atoms with Gasteiger partial charge in [0.25, 0.3) is 0 Å². The molecule has 3 aromatic carbocycles. The number of amides is 2. The number of rotatable bonds is 8. The Morgan fingerprint density at radius 3 is 2.38 bits per heavy atom. The first kappa shape index (κ1) is 27.4. The van der Waals surface area contributed by atoms with E-state index in [1.807, 2.05) is 30.3 Å². The predicted octanol–water partition coefficient (Wildman–Crippen LogP) is 4.29. The highest BCUT2D eigenvalue weighted by molar-refractivity contribution is 9.10. The minimum atomic E-state index is -1.03. The van der Waals surface area contributed by atoms with Crippen LogP contribution < -0.4 is 25.0 Å². The largest absolute Gasteiger partial charge is 0.493 e. The van der Waals surface area contributed by atoms with Crippen LogP contribution in [0.4, 0.5) is 5.13 Å². The van der Waals surface area contributed by atoms with E-state index in [-0.39, 0.29) is 16.4 Å². The maximum atomic E-state index is 12.7. The summed E-state index contributed by atoms with van der Waals surface area (Å²) in [4.78, 5) is 37.3. The summed E-state index contributed by atoms with van der Waals surface area (Å²) in [7, 11) is 2.95. The van der Waals surface area contributed by atoms with E-state index < -0.39 is 17.8 Å². The molecule has 2 amide bonds. The lowest BCUT2D eigenvalue weighted by molar-refractivity contribution is -0.136. The molecule has 0 spiro atoms. The third-order valence-corrected chi connectivity index (χ3v) is 6.42. The molecule has 0 atom stereocenters. The normalized spacial score (nSPS) is 10.6. The molecular weight excluding hydrogens is 590 g/mol. The van der Waals surface area contributed by atoms with Gasteiger partial charge in [-0.3, -0.25) is 14.9 Å². The number of methoxy groups -OCH3 is 2. The average molecular weight is 610 g/mol. The van der Waals surface area contributed by atoms with Gasteiger partial charge in [0.05, 0.1) is 26.0 Å². The summed E-state index contributed by atoms with van der Waals surface area (Å²) >= 11 is 4.47. The lowest BCUT2D eigenvalue weighted by Gasteiger charge is -2.11. The predicted molar refractivity (Wildman–Crippen MR) is 148 cm³/mol. The maximum Gasteiger partial charge on any atom is 0.343 e. The molecule has 0 aliphatic heterocycles. The lowest BCUT2D eigenvalue weighted by atomic mass is 10.2. The van der Waals surface area contributed by atoms with Crippen LogP contribution in [0.3, 0.4) is 0 Å². The molecule has 4 rings (SSSR count). The number of nitrogens with zero attached hydrogens (tertiary/aromatic N) is 3. The van der Waals surface area contributed by atoms with Crippen molar-refractivity contribution in [1.82, 2.24) is 15.6 Å². The van der Waals surface area contributed by atoms with E-state index in [2.05, 4.69) is 42.0 Å². The van der Waals surface area contributed by atoms with Crippen LogP contribution in [0, 0.1) is 0 Å². The molecule has 0 saturated heterocycles. The van der Waals surface area contributed by atoms with Gasteiger partial charge in [-0.1, -0.05) is 57.6 Å². The Bertz CT molecular complexity index is 1540. The van der Waals surface area contributed by atoms with Gasteiger partial charge in [0.15, 0.2) is 11.5 Å². The van der Waals surface area contributed by atoms with E-state index in [1.54, 1.807) is 24.3 Å². The van der Waals surface area contributed by atoms with Gasteiger partial charge in [0.1, 0.15) is 10.8 Å². The SMILES string of the molecule is COc1ccc(C(=O)Oc2ccc(Br)cc2/C=N\NC(=O)C(=O)Nc2nnc(-c3ccccc3)s2)cc1OC. The fourth-order valence-electron chi connectivity index (χ4n) is 3.17. The van der Waals surface area contributed by atoms with Crippen LogP contribution >= 0.6 is 27.3 Å². The monoisotopic (exact) mass is 609 g/mol. The van der Waals surface area contributed by atoms with E-state index in [9.17, 15) is 14.4 Å². The van der Waals surface area contributed by atoms with E-state index in [0.717, 1.165) is 16.9 Å². The Kier molecular flexibility index (Phi) is 8.97. The first-order chi connectivity index (χ1) is 18.9. The van der Waals surface area contributed by atoms with Gasteiger partial charge < -0.3 is 14.2 Å². The van der Waals surface area contributed by atoms with Crippen LogP contribution in [0.2, 0.25) is 0 Å². The maximum absolute atomic E-state index is 12.7. The first-order valence-electron chi connectivity index (χ1n) is 11.1. The molecule has 2 N–H and O–H groups in total. The van der Waals surface area contributed by atoms with Crippen LogP contribution in [0.1, 0.15) is 15.9 Å². The number of halogens is 1. The van der Waals surface area contributed by atoms with E-state index in [0.29, 0.717) is 26.5 Å². The number of hydrogen-bond acceptors (Lipinski definition) is 10. The van der Waals surface area contributed by atoms with Gasteiger partial charge >= 0.3 is 17.8 Å². The first-order valence-corrected chi connectivity index (χ1v) is 12.8. The van der Waals surface area contributed by atoms with Crippen molar-refractivity contribution >= 4 is 56.4 Å². The number of ether oxygens (including phenoxy) is 3. The summed E-state index contributed by atoms with van der Waals surface area (Å²) in [5, 5.41) is 14.9. The van der Waals surface area contributed by atoms with Gasteiger partial charge in [-0.25, -0.2) is 10.2 Å². The summed E-state index contributed by atoms with van der Waals surface area (Å²) in [6.45, 7) is 0. The molecule has 0 aliphatic rings. The standard InChI is InChI=1S/C26H20BrN5O6S/c1-36-20-10-8-16(13-21(20)37-2)25(35)38-19-11-9-18(27)12-17(19)14-28-30-23(34)22(33)29-26-32-31-24(39-26)15-6-4-3-5-7-15/h3-14H,1-2H3,(H,30,34)(H,29,32,33)/b28-14-. The number of carbonyl (C=O) groups is 3. The number of aromatic nitrogens is 2. The van der Waals surface area contributed by atoms with Gasteiger partial charge in [-0.15, -0.1) is 10.2 Å². The van der Waals surface area contributed by atoms with Gasteiger partial charge in [0.2, 0.25) is 5.13 Å². The molecular formula is C26H20BrN5O6S. The molecule has 0 fully saturated rings. The summed E-state index contributed by atoms with van der Waals surface area (Å²) in [5.41, 5.74) is 3.56. The van der Waals surface area contributed by atoms with Crippen molar-refractivity contribution in [2.24, 2.45) is 5.10 Å². The highest BCUT2D eigenvalue weighted by Crippen LogP contribution is 2.29. The number of nitrogens with one attached hydrogen (secondary N) is 2. The average Bonchev–Trinajstić information content (AvgIpc) is 3.42. The fourth-order valence-corrected chi connectivity index (χ4v) is 4.29. The molecule has 198 valence electrons. The van der Waals surface area contributed by atoms with E-state index in [1.165, 1.54) is 32.6 Å². The Hall–Kier alpha value is -4.62. The minimum Gasteiger partial charge on any atom is -0.493 e.